The number of aryl methyl sites for hydroxylation is 1. The molecule has 0 saturated heterocycles. The molecule has 19 heavy (non-hydrogen) atoms. The van der Waals surface area contributed by atoms with Crippen LogP contribution in [0.5, 0.6) is 0 Å². The summed E-state index contributed by atoms with van der Waals surface area (Å²) in [7, 11) is 0. The van der Waals surface area contributed by atoms with Gasteiger partial charge in [0, 0.05) is 18.0 Å². The number of thioether (sulfide) groups is 1. The Labute approximate surface area is 118 Å². The van der Waals surface area contributed by atoms with Crippen LogP contribution in [0.3, 0.4) is 0 Å². The third kappa shape index (κ3) is 3.50. The monoisotopic (exact) mass is 280 g/mol. The molecule has 0 radical (unpaired) electrons. The Hall–Kier alpha value is -1.03. The SMILES string of the molecule is CCC1(CC)CN=C(Nc2cc(C)cc(F)c2)SC1. The molecule has 2 nitrogen and oxygen atoms in total. The van der Waals surface area contributed by atoms with E-state index in [1.807, 2.05) is 13.0 Å². The Kier molecular flexibility index (Phi) is 4.50. The maximum absolute atomic E-state index is 13.3. The van der Waals surface area contributed by atoms with Crippen molar-refractivity contribution < 1.29 is 4.39 Å². The minimum absolute atomic E-state index is 0.208. The van der Waals surface area contributed by atoms with Gasteiger partial charge in [-0.15, -0.1) is 0 Å². The summed E-state index contributed by atoms with van der Waals surface area (Å²) < 4.78 is 13.3. The zero-order chi connectivity index (χ0) is 13.9. The van der Waals surface area contributed by atoms with Gasteiger partial charge < -0.3 is 5.32 Å². The van der Waals surface area contributed by atoms with Crippen molar-refractivity contribution >= 4 is 22.6 Å². The second-order valence-corrected chi connectivity index (χ2v) is 6.22. The Bertz CT molecular complexity index is 461. The molecule has 1 aromatic rings. The average molecular weight is 280 g/mol. The van der Waals surface area contributed by atoms with Crippen molar-refractivity contribution in [1.82, 2.24) is 0 Å². The summed E-state index contributed by atoms with van der Waals surface area (Å²) in [4.78, 5) is 4.63. The highest BCUT2D eigenvalue weighted by atomic mass is 32.2. The highest BCUT2D eigenvalue weighted by Gasteiger charge is 2.30. The van der Waals surface area contributed by atoms with Gasteiger partial charge in [0.25, 0.3) is 0 Å². The van der Waals surface area contributed by atoms with Crippen LogP contribution in [0.15, 0.2) is 23.2 Å². The largest absolute Gasteiger partial charge is 0.335 e. The molecule has 0 fully saturated rings. The van der Waals surface area contributed by atoms with Gasteiger partial charge in [-0.25, -0.2) is 4.39 Å². The normalized spacial score (nSPS) is 18.0. The summed E-state index contributed by atoms with van der Waals surface area (Å²) in [5, 5.41) is 4.13. The van der Waals surface area contributed by atoms with Crippen LogP contribution in [-0.2, 0) is 0 Å². The first-order valence-electron chi connectivity index (χ1n) is 6.78. The molecule has 1 N–H and O–H groups in total. The van der Waals surface area contributed by atoms with Gasteiger partial charge >= 0.3 is 0 Å². The van der Waals surface area contributed by atoms with Crippen LogP contribution in [0.2, 0.25) is 0 Å². The molecule has 1 heterocycles. The second kappa shape index (κ2) is 5.95. The number of nitrogens with zero attached hydrogens (tertiary/aromatic N) is 1. The number of hydrogen-bond acceptors (Lipinski definition) is 3. The summed E-state index contributed by atoms with van der Waals surface area (Å²) in [5.74, 6) is 0.875. The van der Waals surface area contributed by atoms with Crippen molar-refractivity contribution in [2.75, 3.05) is 17.6 Å². The van der Waals surface area contributed by atoms with E-state index < -0.39 is 0 Å². The molecule has 2 rings (SSSR count). The van der Waals surface area contributed by atoms with Crippen molar-refractivity contribution in [3.8, 4) is 0 Å². The number of nitrogens with one attached hydrogen (secondary N) is 1. The number of halogens is 1. The maximum Gasteiger partial charge on any atom is 0.161 e. The molecule has 1 aliphatic heterocycles. The van der Waals surface area contributed by atoms with Gasteiger partial charge in [0.15, 0.2) is 5.17 Å². The topological polar surface area (TPSA) is 24.4 Å². The van der Waals surface area contributed by atoms with Crippen LogP contribution in [0, 0.1) is 18.2 Å². The molecule has 1 aliphatic rings. The molecule has 4 heteroatoms. The van der Waals surface area contributed by atoms with E-state index in [0.717, 1.165) is 41.6 Å². The number of anilines is 1. The molecule has 0 bridgehead atoms. The van der Waals surface area contributed by atoms with Gasteiger partial charge in [-0.1, -0.05) is 25.6 Å². The Morgan fingerprint density at radius 3 is 2.58 bits per heavy atom. The van der Waals surface area contributed by atoms with Crippen molar-refractivity contribution in [2.45, 2.75) is 33.6 Å². The van der Waals surface area contributed by atoms with Gasteiger partial charge in [0.05, 0.1) is 0 Å². The fourth-order valence-corrected chi connectivity index (χ4v) is 3.53. The predicted octanol–water partition coefficient (Wildman–Crippen LogP) is 4.46. The molecule has 0 saturated carbocycles. The maximum atomic E-state index is 13.3. The summed E-state index contributed by atoms with van der Waals surface area (Å²) in [6, 6.07) is 4.98. The highest BCUT2D eigenvalue weighted by Crippen LogP contribution is 2.35. The van der Waals surface area contributed by atoms with Crippen LogP contribution in [0.4, 0.5) is 10.1 Å². The summed E-state index contributed by atoms with van der Waals surface area (Å²) in [6.07, 6.45) is 2.32. The minimum Gasteiger partial charge on any atom is -0.335 e. The molecule has 0 unspecified atom stereocenters. The fourth-order valence-electron chi connectivity index (χ4n) is 2.24. The molecule has 1 aromatic carbocycles. The molecule has 104 valence electrons. The van der Waals surface area contributed by atoms with E-state index >= 15 is 0 Å². The number of rotatable bonds is 3. The van der Waals surface area contributed by atoms with Crippen LogP contribution in [-0.4, -0.2) is 17.5 Å². The van der Waals surface area contributed by atoms with Crippen LogP contribution in [0.25, 0.3) is 0 Å². The smallest absolute Gasteiger partial charge is 0.161 e. The Balaban J connectivity index is 2.07. The Morgan fingerprint density at radius 1 is 1.32 bits per heavy atom. The van der Waals surface area contributed by atoms with Gasteiger partial charge in [0.1, 0.15) is 5.82 Å². The quantitative estimate of drug-likeness (QED) is 0.884. The van der Waals surface area contributed by atoms with E-state index in [2.05, 4.69) is 24.2 Å². The molecular formula is C15H21FN2S. The second-order valence-electron chi connectivity index (χ2n) is 5.26. The predicted molar refractivity (Wildman–Crippen MR) is 82.5 cm³/mol. The third-order valence-electron chi connectivity index (χ3n) is 3.87. The molecule has 0 aliphatic carbocycles. The number of amidine groups is 1. The van der Waals surface area contributed by atoms with Crippen molar-refractivity contribution in [2.24, 2.45) is 10.4 Å². The van der Waals surface area contributed by atoms with Crippen molar-refractivity contribution in [3.05, 3.63) is 29.6 Å². The lowest BCUT2D eigenvalue weighted by molar-refractivity contribution is 0.318. The lowest BCUT2D eigenvalue weighted by Gasteiger charge is -2.33. The minimum atomic E-state index is -0.208. The third-order valence-corrected chi connectivity index (χ3v) is 5.13. The van der Waals surface area contributed by atoms with Gasteiger partial charge in [-0.3, -0.25) is 4.99 Å². The highest BCUT2D eigenvalue weighted by molar-refractivity contribution is 8.14. The summed E-state index contributed by atoms with van der Waals surface area (Å²) in [5.41, 5.74) is 2.04. The average Bonchev–Trinajstić information content (AvgIpc) is 2.39. The van der Waals surface area contributed by atoms with E-state index in [9.17, 15) is 4.39 Å². The van der Waals surface area contributed by atoms with E-state index in [1.165, 1.54) is 12.1 Å². The standard InChI is InChI=1S/C15H21FN2S/c1-4-15(5-2)9-17-14(19-10-15)18-13-7-11(3)6-12(16)8-13/h6-8H,4-5,9-10H2,1-3H3,(H,17,18). The molecule has 0 atom stereocenters. The number of aliphatic imine (C=N–C) groups is 1. The molecular weight excluding hydrogens is 259 g/mol. The zero-order valence-electron chi connectivity index (χ0n) is 11.8. The lowest BCUT2D eigenvalue weighted by Crippen LogP contribution is -2.32. The first kappa shape index (κ1) is 14.4. The van der Waals surface area contributed by atoms with Crippen LogP contribution in [0.1, 0.15) is 32.3 Å². The molecule has 0 spiro atoms. The van der Waals surface area contributed by atoms with Gasteiger partial charge in [-0.05, 0) is 48.9 Å². The van der Waals surface area contributed by atoms with Gasteiger partial charge in [-0.2, -0.15) is 0 Å². The zero-order valence-corrected chi connectivity index (χ0v) is 12.6. The van der Waals surface area contributed by atoms with Crippen LogP contribution < -0.4 is 5.32 Å². The first-order valence-corrected chi connectivity index (χ1v) is 7.77. The van der Waals surface area contributed by atoms with E-state index in [0.29, 0.717) is 5.41 Å². The van der Waals surface area contributed by atoms with E-state index in [-0.39, 0.29) is 5.82 Å². The lowest BCUT2D eigenvalue weighted by atomic mass is 9.84. The van der Waals surface area contributed by atoms with Crippen molar-refractivity contribution in [1.29, 1.82) is 0 Å². The number of hydrogen-bond donors (Lipinski definition) is 1. The number of benzene rings is 1. The fraction of sp³-hybridized carbons (Fsp3) is 0.533. The van der Waals surface area contributed by atoms with Gasteiger partial charge in [0.2, 0.25) is 0 Å². The summed E-state index contributed by atoms with van der Waals surface area (Å²) >= 11 is 1.74. The van der Waals surface area contributed by atoms with E-state index in [4.69, 9.17) is 0 Å². The van der Waals surface area contributed by atoms with Crippen LogP contribution >= 0.6 is 11.8 Å². The van der Waals surface area contributed by atoms with E-state index in [1.54, 1.807) is 11.8 Å². The Morgan fingerprint density at radius 2 is 2.05 bits per heavy atom. The summed E-state index contributed by atoms with van der Waals surface area (Å²) in [6.45, 7) is 7.22. The first-order chi connectivity index (χ1) is 9.07. The van der Waals surface area contributed by atoms with Crippen molar-refractivity contribution in [3.63, 3.8) is 0 Å². The molecule has 0 aromatic heterocycles. The molecule has 0 amide bonds.